The molecule has 0 fully saturated rings. The standard InChI is InChI=1S/C21H34N2O5S/c1-26-19-14-17(18(23-25)15-20(19)27-2)16-28-21(24)22-12-10-8-6-4-5-7-9-11-13-29-3/h14-15H,4-13,16H2,1-3H3,(H,22,24). The molecule has 0 bridgehead atoms. The number of thioether (sulfide) groups is 1. The van der Waals surface area contributed by atoms with Crippen molar-refractivity contribution in [2.24, 2.45) is 5.18 Å². The van der Waals surface area contributed by atoms with E-state index in [4.69, 9.17) is 14.2 Å². The molecule has 0 saturated heterocycles. The van der Waals surface area contributed by atoms with Gasteiger partial charge in [0.25, 0.3) is 0 Å². The maximum absolute atomic E-state index is 11.9. The van der Waals surface area contributed by atoms with Crippen molar-refractivity contribution in [2.45, 2.75) is 58.0 Å². The Morgan fingerprint density at radius 3 is 2.14 bits per heavy atom. The number of nitrogens with zero attached hydrogens (tertiary/aromatic N) is 1. The summed E-state index contributed by atoms with van der Waals surface area (Å²) in [6, 6.07) is 3.05. The number of nitrogens with one attached hydrogen (secondary N) is 1. The third kappa shape index (κ3) is 10.4. The quantitative estimate of drug-likeness (QED) is 0.265. The second-order valence-electron chi connectivity index (χ2n) is 6.75. The molecule has 8 heteroatoms. The fourth-order valence-electron chi connectivity index (χ4n) is 2.93. The van der Waals surface area contributed by atoms with Crippen LogP contribution in [-0.2, 0) is 11.3 Å². The van der Waals surface area contributed by atoms with Gasteiger partial charge in [0.15, 0.2) is 11.5 Å². The molecule has 29 heavy (non-hydrogen) atoms. The van der Waals surface area contributed by atoms with Crippen molar-refractivity contribution in [3.05, 3.63) is 22.6 Å². The number of benzene rings is 1. The second kappa shape index (κ2) is 15.9. The lowest BCUT2D eigenvalue weighted by atomic mass is 10.1. The summed E-state index contributed by atoms with van der Waals surface area (Å²) in [5.41, 5.74) is 0.620. The van der Waals surface area contributed by atoms with E-state index < -0.39 is 6.09 Å². The minimum atomic E-state index is -0.509. The molecule has 1 amide bonds. The summed E-state index contributed by atoms with van der Waals surface area (Å²) in [6.07, 6.45) is 11.4. The molecule has 0 aliphatic carbocycles. The summed E-state index contributed by atoms with van der Waals surface area (Å²) in [5, 5.41) is 5.70. The second-order valence-corrected chi connectivity index (χ2v) is 7.74. The first-order chi connectivity index (χ1) is 14.2. The molecule has 1 aromatic carbocycles. The van der Waals surface area contributed by atoms with Crippen LogP contribution in [0.4, 0.5) is 10.5 Å². The van der Waals surface area contributed by atoms with Crippen LogP contribution in [0.15, 0.2) is 17.3 Å². The van der Waals surface area contributed by atoms with Gasteiger partial charge in [-0.15, -0.1) is 4.91 Å². The van der Waals surface area contributed by atoms with Gasteiger partial charge in [-0.1, -0.05) is 38.5 Å². The Balaban J connectivity index is 2.19. The van der Waals surface area contributed by atoms with Crippen LogP contribution in [0, 0.1) is 4.91 Å². The van der Waals surface area contributed by atoms with Gasteiger partial charge in [-0.25, -0.2) is 4.79 Å². The number of hydrogen-bond donors (Lipinski definition) is 1. The van der Waals surface area contributed by atoms with Gasteiger partial charge in [0, 0.05) is 18.2 Å². The van der Waals surface area contributed by atoms with Crippen LogP contribution < -0.4 is 14.8 Å². The SMILES string of the molecule is COc1cc(COC(=O)NCCCCCCCCCCSC)c(N=O)cc1OC. The highest BCUT2D eigenvalue weighted by molar-refractivity contribution is 7.98. The van der Waals surface area contributed by atoms with Crippen molar-refractivity contribution in [1.82, 2.24) is 5.32 Å². The van der Waals surface area contributed by atoms with Crippen molar-refractivity contribution < 1.29 is 19.0 Å². The van der Waals surface area contributed by atoms with Gasteiger partial charge in [-0.2, -0.15) is 11.8 Å². The third-order valence-corrected chi connectivity index (χ3v) is 5.28. The Morgan fingerprint density at radius 1 is 0.966 bits per heavy atom. The van der Waals surface area contributed by atoms with Crippen LogP contribution in [0.2, 0.25) is 0 Å². The molecule has 0 heterocycles. The highest BCUT2D eigenvalue weighted by Crippen LogP contribution is 2.35. The summed E-state index contributed by atoms with van der Waals surface area (Å²) in [5.74, 6) is 2.11. The van der Waals surface area contributed by atoms with E-state index in [0.717, 1.165) is 12.8 Å². The molecule has 7 nitrogen and oxygen atoms in total. The molecule has 0 radical (unpaired) electrons. The average molecular weight is 427 g/mol. The lowest BCUT2D eigenvalue weighted by molar-refractivity contribution is 0.139. The molecule has 0 unspecified atom stereocenters. The first kappa shape index (κ1) is 25.1. The van der Waals surface area contributed by atoms with Crippen molar-refractivity contribution in [1.29, 1.82) is 0 Å². The number of carbonyl (C=O) groups excluding carboxylic acids is 1. The normalized spacial score (nSPS) is 10.4. The Bertz CT molecular complexity index is 613. The van der Waals surface area contributed by atoms with Gasteiger partial charge < -0.3 is 19.5 Å². The largest absolute Gasteiger partial charge is 0.493 e. The molecule has 0 aliphatic heterocycles. The molecule has 0 spiro atoms. The van der Waals surface area contributed by atoms with Crippen molar-refractivity contribution in [3.63, 3.8) is 0 Å². The van der Waals surface area contributed by atoms with E-state index in [9.17, 15) is 9.70 Å². The minimum absolute atomic E-state index is 0.0657. The molecule has 0 aromatic heterocycles. The van der Waals surface area contributed by atoms with E-state index >= 15 is 0 Å². The molecule has 1 N–H and O–H groups in total. The smallest absolute Gasteiger partial charge is 0.407 e. The molecule has 0 aliphatic rings. The number of nitroso groups, excluding NO2 is 1. The summed E-state index contributed by atoms with van der Waals surface area (Å²) in [4.78, 5) is 22.9. The molecule has 1 aromatic rings. The van der Waals surface area contributed by atoms with E-state index in [1.807, 2.05) is 11.8 Å². The van der Waals surface area contributed by atoms with Crippen molar-refractivity contribution in [2.75, 3.05) is 32.8 Å². The number of rotatable bonds is 16. The van der Waals surface area contributed by atoms with Crippen LogP contribution in [0.1, 0.15) is 56.9 Å². The van der Waals surface area contributed by atoms with E-state index in [1.165, 1.54) is 64.6 Å². The van der Waals surface area contributed by atoms with E-state index in [0.29, 0.717) is 23.6 Å². The Morgan fingerprint density at radius 2 is 1.55 bits per heavy atom. The fourth-order valence-corrected chi connectivity index (χ4v) is 3.42. The molecular weight excluding hydrogens is 392 g/mol. The Labute approximate surface area is 178 Å². The monoisotopic (exact) mass is 426 g/mol. The van der Waals surface area contributed by atoms with E-state index in [1.54, 1.807) is 6.07 Å². The zero-order valence-corrected chi connectivity index (χ0v) is 18.6. The van der Waals surface area contributed by atoms with Crippen LogP contribution in [0.25, 0.3) is 0 Å². The summed E-state index contributed by atoms with van der Waals surface area (Å²) >= 11 is 1.91. The number of hydrogen-bond acceptors (Lipinski definition) is 7. The maximum atomic E-state index is 11.9. The van der Waals surface area contributed by atoms with Crippen LogP contribution >= 0.6 is 11.8 Å². The van der Waals surface area contributed by atoms with Gasteiger partial charge in [0.05, 0.1) is 14.2 Å². The molecule has 0 atom stereocenters. The summed E-state index contributed by atoms with van der Waals surface area (Å²) in [7, 11) is 2.97. The third-order valence-electron chi connectivity index (χ3n) is 4.59. The summed E-state index contributed by atoms with van der Waals surface area (Å²) in [6.45, 7) is 0.515. The van der Waals surface area contributed by atoms with Gasteiger partial charge in [-0.05, 0) is 36.1 Å². The number of ether oxygens (including phenoxy) is 3. The topological polar surface area (TPSA) is 86.2 Å². The maximum Gasteiger partial charge on any atom is 0.407 e. The highest BCUT2D eigenvalue weighted by Gasteiger charge is 2.13. The van der Waals surface area contributed by atoms with Gasteiger partial charge in [0.2, 0.25) is 0 Å². The first-order valence-electron chi connectivity index (χ1n) is 10.1. The zero-order chi connectivity index (χ0) is 21.3. The number of carbonyl (C=O) groups is 1. The van der Waals surface area contributed by atoms with Crippen LogP contribution in [0.5, 0.6) is 11.5 Å². The number of methoxy groups -OCH3 is 2. The Hall–Kier alpha value is -1.96. The molecule has 0 saturated carbocycles. The lowest BCUT2D eigenvalue weighted by Crippen LogP contribution is -2.25. The molecule has 1 rings (SSSR count). The van der Waals surface area contributed by atoms with Gasteiger partial charge >= 0.3 is 6.09 Å². The van der Waals surface area contributed by atoms with Crippen molar-refractivity contribution in [3.8, 4) is 11.5 Å². The Kier molecular flexibility index (Phi) is 13.8. The van der Waals surface area contributed by atoms with Gasteiger partial charge in [-0.3, -0.25) is 0 Å². The predicted molar refractivity (Wildman–Crippen MR) is 119 cm³/mol. The van der Waals surface area contributed by atoms with Gasteiger partial charge in [0.1, 0.15) is 12.3 Å². The fraction of sp³-hybridized carbons (Fsp3) is 0.667. The predicted octanol–water partition coefficient (Wildman–Crippen LogP) is 5.81. The van der Waals surface area contributed by atoms with Crippen molar-refractivity contribution >= 4 is 23.5 Å². The average Bonchev–Trinajstić information content (AvgIpc) is 2.75. The van der Waals surface area contributed by atoms with E-state index in [-0.39, 0.29) is 12.3 Å². The minimum Gasteiger partial charge on any atom is -0.493 e. The molecular formula is C21H34N2O5S. The van der Waals surface area contributed by atoms with Crippen LogP contribution in [0.3, 0.4) is 0 Å². The lowest BCUT2D eigenvalue weighted by Gasteiger charge is -2.12. The first-order valence-corrected chi connectivity index (χ1v) is 11.5. The number of unbranched alkanes of at least 4 members (excludes halogenated alkanes) is 7. The summed E-state index contributed by atoms with van der Waals surface area (Å²) < 4.78 is 15.5. The highest BCUT2D eigenvalue weighted by atomic mass is 32.2. The van der Waals surface area contributed by atoms with E-state index in [2.05, 4.69) is 16.7 Å². The molecule has 164 valence electrons. The zero-order valence-electron chi connectivity index (χ0n) is 17.8. The number of alkyl carbamates (subject to hydrolysis) is 1. The number of amides is 1. The van der Waals surface area contributed by atoms with Crippen LogP contribution in [-0.4, -0.2) is 38.9 Å².